The van der Waals surface area contributed by atoms with E-state index in [0.29, 0.717) is 6.42 Å². The van der Waals surface area contributed by atoms with Gasteiger partial charge in [0.2, 0.25) is 5.91 Å². The number of hydrogen-bond donors (Lipinski definition) is 0. The number of rotatable bonds is 7. The lowest BCUT2D eigenvalue weighted by Gasteiger charge is -2.31. The second-order valence-electron chi connectivity index (χ2n) is 5.90. The van der Waals surface area contributed by atoms with Crippen LogP contribution in [-0.4, -0.2) is 11.9 Å². The first kappa shape index (κ1) is 17.3. The van der Waals surface area contributed by atoms with Gasteiger partial charge in [-0.15, -0.1) is 0 Å². The lowest BCUT2D eigenvalue weighted by Crippen LogP contribution is -2.39. The van der Waals surface area contributed by atoms with E-state index in [1.54, 1.807) is 0 Å². The molecule has 2 aromatic carbocycles. The third-order valence-electron chi connectivity index (χ3n) is 4.27. The smallest absolute Gasteiger partial charge is 0.227 e. The van der Waals surface area contributed by atoms with E-state index in [1.165, 1.54) is 5.56 Å². The lowest BCUT2D eigenvalue weighted by atomic mass is 10.0. The van der Waals surface area contributed by atoms with Crippen molar-refractivity contribution in [3.8, 4) is 11.1 Å². The van der Waals surface area contributed by atoms with Crippen molar-refractivity contribution in [2.75, 3.05) is 4.90 Å². The quantitative estimate of drug-likeness (QED) is 0.644. The van der Waals surface area contributed by atoms with Gasteiger partial charge in [0, 0.05) is 18.2 Å². The lowest BCUT2D eigenvalue weighted by molar-refractivity contribution is -0.119. The molecule has 0 N–H and O–H groups in total. The van der Waals surface area contributed by atoms with Gasteiger partial charge in [-0.25, -0.2) is 0 Å². The molecule has 0 unspecified atom stereocenters. The maximum Gasteiger partial charge on any atom is 0.227 e. The predicted molar refractivity (Wildman–Crippen MR) is 98.6 cm³/mol. The van der Waals surface area contributed by atoms with Crippen LogP contribution in [0.1, 0.15) is 46.5 Å². The van der Waals surface area contributed by atoms with Crippen molar-refractivity contribution in [1.29, 1.82) is 0 Å². The van der Waals surface area contributed by atoms with Gasteiger partial charge in [-0.2, -0.15) is 0 Å². The average molecular weight is 309 g/mol. The molecular weight excluding hydrogens is 282 g/mol. The zero-order valence-electron chi connectivity index (χ0n) is 14.5. The average Bonchev–Trinajstić information content (AvgIpc) is 2.60. The molecule has 0 atom stereocenters. The summed E-state index contributed by atoms with van der Waals surface area (Å²) >= 11 is 0. The molecule has 0 aromatic heterocycles. The van der Waals surface area contributed by atoms with Gasteiger partial charge < -0.3 is 4.90 Å². The van der Waals surface area contributed by atoms with Gasteiger partial charge in [-0.05, 0) is 42.5 Å². The van der Waals surface area contributed by atoms with Crippen LogP contribution in [0, 0.1) is 0 Å². The van der Waals surface area contributed by atoms with Crippen molar-refractivity contribution < 1.29 is 4.79 Å². The standard InChI is InChI=1S/C21H27NO/c1-4-11-21(23)22(19(5-2)6-3)20-15-10-14-18(16-20)17-12-8-7-9-13-17/h7-10,12-16,19H,4-6,11H2,1-3H3. The highest BCUT2D eigenvalue weighted by Gasteiger charge is 2.22. The summed E-state index contributed by atoms with van der Waals surface area (Å²) < 4.78 is 0. The molecule has 0 heterocycles. The summed E-state index contributed by atoms with van der Waals surface area (Å²) in [7, 11) is 0. The Labute approximate surface area is 140 Å². The summed E-state index contributed by atoms with van der Waals surface area (Å²) in [4.78, 5) is 14.7. The molecule has 122 valence electrons. The van der Waals surface area contributed by atoms with E-state index in [4.69, 9.17) is 0 Å². The Hall–Kier alpha value is -2.09. The Morgan fingerprint density at radius 1 is 0.913 bits per heavy atom. The maximum atomic E-state index is 12.7. The van der Waals surface area contributed by atoms with Crippen LogP contribution >= 0.6 is 0 Å². The van der Waals surface area contributed by atoms with E-state index in [9.17, 15) is 4.79 Å². The van der Waals surface area contributed by atoms with Crippen molar-refractivity contribution in [2.45, 2.75) is 52.5 Å². The normalized spacial score (nSPS) is 10.8. The minimum atomic E-state index is 0.228. The highest BCUT2D eigenvalue weighted by Crippen LogP contribution is 2.28. The van der Waals surface area contributed by atoms with Crippen LogP contribution in [0.15, 0.2) is 54.6 Å². The topological polar surface area (TPSA) is 20.3 Å². The minimum Gasteiger partial charge on any atom is -0.309 e. The molecule has 0 bridgehead atoms. The number of amides is 1. The predicted octanol–water partition coefficient (Wildman–Crippen LogP) is 5.68. The van der Waals surface area contributed by atoms with Crippen LogP contribution in [0.3, 0.4) is 0 Å². The first-order chi connectivity index (χ1) is 11.2. The number of hydrogen-bond acceptors (Lipinski definition) is 1. The van der Waals surface area contributed by atoms with Crippen molar-refractivity contribution in [3.05, 3.63) is 54.6 Å². The molecule has 23 heavy (non-hydrogen) atoms. The summed E-state index contributed by atoms with van der Waals surface area (Å²) in [5.41, 5.74) is 3.35. The fourth-order valence-corrected chi connectivity index (χ4v) is 3.01. The minimum absolute atomic E-state index is 0.228. The fraction of sp³-hybridized carbons (Fsp3) is 0.381. The van der Waals surface area contributed by atoms with Gasteiger partial charge in [-0.3, -0.25) is 4.79 Å². The molecule has 0 aliphatic carbocycles. The molecule has 2 heteroatoms. The molecule has 2 nitrogen and oxygen atoms in total. The van der Waals surface area contributed by atoms with E-state index >= 15 is 0 Å². The van der Waals surface area contributed by atoms with Gasteiger partial charge in [-0.1, -0.05) is 63.2 Å². The Morgan fingerprint density at radius 2 is 1.57 bits per heavy atom. The van der Waals surface area contributed by atoms with Crippen molar-refractivity contribution in [1.82, 2.24) is 0 Å². The highest BCUT2D eigenvalue weighted by molar-refractivity contribution is 5.94. The largest absolute Gasteiger partial charge is 0.309 e. The molecule has 0 aliphatic heterocycles. The Morgan fingerprint density at radius 3 is 2.17 bits per heavy atom. The van der Waals surface area contributed by atoms with Crippen LogP contribution < -0.4 is 4.90 Å². The molecular formula is C21H27NO. The molecule has 0 spiro atoms. The Kier molecular flexibility index (Phi) is 6.40. The first-order valence-corrected chi connectivity index (χ1v) is 8.68. The summed E-state index contributed by atoms with van der Waals surface area (Å²) in [5.74, 6) is 0.228. The molecule has 2 rings (SSSR count). The number of carbonyl (C=O) groups excluding carboxylic acids is 1. The molecule has 2 aromatic rings. The third kappa shape index (κ3) is 4.22. The van der Waals surface area contributed by atoms with E-state index in [1.807, 2.05) is 29.2 Å². The molecule has 0 aliphatic rings. The van der Waals surface area contributed by atoms with Crippen molar-refractivity contribution in [2.24, 2.45) is 0 Å². The maximum absolute atomic E-state index is 12.7. The van der Waals surface area contributed by atoms with Gasteiger partial charge in [0.15, 0.2) is 0 Å². The molecule has 0 saturated carbocycles. The van der Waals surface area contributed by atoms with E-state index in [-0.39, 0.29) is 11.9 Å². The Bertz CT molecular complexity index is 617. The number of benzene rings is 2. The van der Waals surface area contributed by atoms with E-state index in [2.05, 4.69) is 51.1 Å². The van der Waals surface area contributed by atoms with Gasteiger partial charge in [0.1, 0.15) is 0 Å². The molecule has 0 fully saturated rings. The van der Waals surface area contributed by atoms with Crippen molar-refractivity contribution in [3.63, 3.8) is 0 Å². The van der Waals surface area contributed by atoms with Gasteiger partial charge in [0.25, 0.3) is 0 Å². The van der Waals surface area contributed by atoms with Gasteiger partial charge >= 0.3 is 0 Å². The third-order valence-corrected chi connectivity index (χ3v) is 4.27. The summed E-state index contributed by atoms with van der Waals surface area (Å²) in [6, 6.07) is 18.9. The monoisotopic (exact) mass is 309 g/mol. The molecule has 0 saturated heterocycles. The zero-order valence-corrected chi connectivity index (χ0v) is 14.5. The molecule has 1 amide bonds. The summed E-state index contributed by atoms with van der Waals surface area (Å²) in [6.45, 7) is 6.37. The fourth-order valence-electron chi connectivity index (χ4n) is 3.01. The van der Waals surface area contributed by atoms with E-state index in [0.717, 1.165) is 30.5 Å². The van der Waals surface area contributed by atoms with Crippen LogP contribution in [0.25, 0.3) is 11.1 Å². The number of anilines is 1. The molecule has 0 radical (unpaired) electrons. The number of nitrogens with zero attached hydrogens (tertiary/aromatic N) is 1. The van der Waals surface area contributed by atoms with Gasteiger partial charge in [0.05, 0.1) is 0 Å². The second-order valence-corrected chi connectivity index (χ2v) is 5.90. The van der Waals surface area contributed by atoms with E-state index < -0.39 is 0 Å². The summed E-state index contributed by atoms with van der Waals surface area (Å²) in [6.07, 6.45) is 3.43. The first-order valence-electron chi connectivity index (χ1n) is 8.68. The van der Waals surface area contributed by atoms with Crippen LogP contribution in [-0.2, 0) is 4.79 Å². The SMILES string of the molecule is CCCC(=O)N(c1cccc(-c2ccccc2)c1)C(CC)CC. The van der Waals surface area contributed by atoms with Crippen LogP contribution in [0.4, 0.5) is 5.69 Å². The second kappa shape index (κ2) is 8.52. The number of carbonyl (C=O) groups is 1. The van der Waals surface area contributed by atoms with Crippen LogP contribution in [0.5, 0.6) is 0 Å². The van der Waals surface area contributed by atoms with Crippen molar-refractivity contribution >= 4 is 11.6 Å². The Balaban J connectivity index is 2.40. The summed E-state index contributed by atoms with van der Waals surface area (Å²) in [5, 5.41) is 0. The van der Waals surface area contributed by atoms with Crippen LogP contribution in [0.2, 0.25) is 0 Å². The highest BCUT2D eigenvalue weighted by atomic mass is 16.2. The zero-order chi connectivity index (χ0) is 16.7.